The van der Waals surface area contributed by atoms with Crippen LogP contribution in [0.15, 0.2) is 0 Å². The van der Waals surface area contributed by atoms with Crippen LogP contribution in [0.25, 0.3) is 0 Å². The largest absolute Gasteiger partial charge is 0.436 e. The van der Waals surface area contributed by atoms with Crippen molar-refractivity contribution >= 4 is 12.0 Å². The highest BCUT2D eigenvalue weighted by Crippen LogP contribution is 2.50. The Morgan fingerprint density at radius 2 is 1.03 bits per heavy atom. The van der Waals surface area contributed by atoms with Crippen molar-refractivity contribution in [3.8, 4) is 0 Å². The van der Waals surface area contributed by atoms with Gasteiger partial charge >= 0.3 is 23.4 Å². The van der Waals surface area contributed by atoms with Crippen molar-refractivity contribution in [3.63, 3.8) is 0 Å². The Hall–Kier alpha value is -0.370. The quantitative estimate of drug-likeness (QED) is 0.0551. The molecule has 0 aliphatic carbocycles. The third-order valence-corrected chi connectivity index (χ3v) is 5.36. The topological polar surface area (TPSA) is 47.9 Å². The van der Waals surface area contributed by atoms with Crippen LogP contribution in [0.3, 0.4) is 0 Å². The lowest BCUT2D eigenvalue weighted by molar-refractivity contribution is -0.461. The van der Waals surface area contributed by atoms with E-state index in [2.05, 4.69) is 21.0 Å². The molecule has 0 aromatic heterocycles. The molecule has 0 saturated heterocycles. The third-order valence-electron chi connectivity index (χ3n) is 4.78. The molecule has 0 unspecified atom stereocenters. The van der Waals surface area contributed by atoms with E-state index in [9.17, 15) is 35.1 Å². The van der Waals surface area contributed by atoms with Gasteiger partial charge in [-0.1, -0.05) is 89.0 Å². The Labute approximate surface area is 187 Å². The normalized spacial score (nSPS) is 13.7. The number of ether oxygens (including phenoxy) is 1. The fraction of sp³-hybridized carbons (Fsp3) is 1.00. The fourth-order valence-electron chi connectivity index (χ4n) is 2.91. The van der Waals surface area contributed by atoms with Crippen LogP contribution in [-0.4, -0.2) is 28.7 Å². The molecule has 0 aromatic rings. The summed E-state index contributed by atoms with van der Waals surface area (Å²) in [6, 6.07) is 0. The molecule has 32 heavy (non-hydrogen) atoms. The van der Waals surface area contributed by atoms with E-state index in [1.54, 1.807) is 0 Å². The summed E-state index contributed by atoms with van der Waals surface area (Å²) in [5.41, 5.74) is 0. The summed E-state index contributed by atoms with van der Waals surface area (Å²) in [6.45, 7) is 2.15. The highest BCUT2D eigenvalue weighted by Gasteiger charge is 2.69. The zero-order valence-corrected chi connectivity index (χ0v) is 18.8. The van der Waals surface area contributed by atoms with E-state index < -0.39 is 48.3 Å². The summed E-state index contributed by atoms with van der Waals surface area (Å²) in [4.78, 5) is 0. The van der Waals surface area contributed by atoms with E-state index in [-0.39, 0.29) is 6.42 Å². The van der Waals surface area contributed by atoms with Gasteiger partial charge < -0.3 is 0 Å². The molecule has 0 fully saturated rings. The van der Waals surface area contributed by atoms with Gasteiger partial charge in [0, 0.05) is 6.42 Å². The van der Waals surface area contributed by atoms with Crippen molar-refractivity contribution in [2.45, 2.75) is 120 Å². The molecule has 4 nitrogen and oxygen atoms in total. The molecule has 0 bridgehead atoms. The van der Waals surface area contributed by atoms with Crippen molar-refractivity contribution in [1.82, 2.24) is 0 Å². The van der Waals surface area contributed by atoms with Gasteiger partial charge in [0.05, 0.1) is 0 Å². The Kier molecular flexibility index (Phi) is 15.3. The molecule has 0 aromatic carbocycles. The molecular formula is C19H32F8O4S. The van der Waals surface area contributed by atoms with E-state index in [1.807, 2.05) is 0 Å². The Bertz CT molecular complexity index is 484. The summed E-state index contributed by atoms with van der Waals surface area (Å²) >= 11 is -1.58. The number of alkyl halides is 8. The van der Waals surface area contributed by atoms with Crippen LogP contribution in [0, 0.1) is 0 Å². The first-order valence-electron chi connectivity index (χ1n) is 10.7. The van der Waals surface area contributed by atoms with Crippen LogP contribution in [0.4, 0.5) is 35.1 Å². The summed E-state index contributed by atoms with van der Waals surface area (Å²) in [6.07, 6.45) is -2.33. The van der Waals surface area contributed by atoms with Crippen LogP contribution in [0.1, 0.15) is 96.8 Å². The molecule has 0 radical (unpaired) electrons. The van der Waals surface area contributed by atoms with Crippen molar-refractivity contribution < 1.29 is 54.5 Å². The van der Waals surface area contributed by atoms with E-state index in [0.29, 0.717) is 6.42 Å². The van der Waals surface area contributed by atoms with Gasteiger partial charge in [-0.25, -0.2) is 9.99 Å². The predicted octanol–water partition coefficient (Wildman–Crippen LogP) is 8.97. The summed E-state index contributed by atoms with van der Waals surface area (Å²) < 4.78 is 112. The lowest BCUT2D eigenvalue weighted by Crippen LogP contribution is -2.52. The molecule has 0 spiro atoms. The van der Waals surface area contributed by atoms with Crippen LogP contribution < -0.4 is 0 Å². The highest BCUT2D eigenvalue weighted by atomic mass is 32.2. The minimum absolute atomic E-state index is 0.159. The summed E-state index contributed by atoms with van der Waals surface area (Å²) in [5, 5.41) is 4.78. The number of hydrogen-bond donors (Lipinski definition) is 1. The molecule has 0 rings (SSSR count). The van der Waals surface area contributed by atoms with Crippen molar-refractivity contribution in [2.24, 2.45) is 0 Å². The first-order chi connectivity index (χ1) is 14.8. The molecule has 0 amide bonds. The van der Waals surface area contributed by atoms with Gasteiger partial charge in [-0.15, -0.1) is 4.33 Å². The van der Waals surface area contributed by atoms with Crippen molar-refractivity contribution in [3.05, 3.63) is 0 Å². The maximum Gasteiger partial charge on any atom is 0.436 e. The van der Waals surface area contributed by atoms with Crippen LogP contribution in [-0.2, 0) is 14.1 Å². The zero-order chi connectivity index (χ0) is 24.7. The SMILES string of the molecule is CCCCCCCCCCCCCCCC(F)(F)C(F)(F)OC(F)(F)C(F)(F)SOOO. The van der Waals surface area contributed by atoms with Gasteiger partial charge in [-0.2, -0.15) is 35.1 Å². The fourth-order valence-corrected chi connectivity index (χ4v) is 3.17. The Balaban J connectivity index is 4.16. The molecule has 1 N–H and O–H groups in total. The van der Waals surface area contributed by atoms with Crippen molar-refractivity contribution in [2.75, 3.05) is 0 Å². The number of hydrogen-bond acceptors (Lipinski definition) is 5. The van der Waals surface area contributed by atoms with E-state index in [4.69, 9.17) is 5.26 Å². The molecule has 13 heteroatoms. The van der Waals surface area contributed by atoms with E-state index >= 15 is 0 Å². The van der Waals surface area contributed by atoms with Gasteiger partial charge in [-0.3, -0.25) is 0 Å². The van der Waals surface area contributed by atoms with E-state index in [0.717, 1.165) is 32.1 Å². The van der Waals surface area contributed by atoms with Gasteiger partial charge in [-0.05, 0) is 6.42 Å². The third kappa shape index (κ3) is 12.2. The van der Waals surface area contributed by atoms with Crippen LogP contribution in [0.2, 0.25) is 0 Å². The Morgan fingerprint density at radius 1 is 0.625 bits per heavy atom. The lowest BCUT2D eigenvalue weighted by atomic mass is 10.0. The average molecular weight is 509 g/mol. The van der Waals surface area contributed by atoms with Gasteiger partial charge in [0.15, 0.2) is 0 Å². The van der Waals surface area contributed by atoms with Gasteiger partial charge in [0.25, 0.3) is 0 Å². The second-order valence-electron chi connectivity index (χ2n) is 7.58. The van der Waals surface area contributed by atoms with Gasteiger partial charge in [0.2, 0.25) is 0 Å². The molecule has 0 aliphatic rings. The van der Waals surface area contributed by atoms with Crippen molar-refractivity contribution in [1.29, 1.82) is 0 Å². The molecular weight excluding hydrogens is 476 g/mol. The second-order valence-corrected chi connectivity index (χ2v) is 8.39. The predicted molar refractivity (Wildman–Crippen MR) is 104 cm³/mol. The van der Waals surface area contributed by atoms with Crippen LogP contribution in [0.5, 0.6) is 0 Å². The maximum absolute atomic E-state index is 13.6. The summed E-state index contributed by atoms with van der Waals surface area (Å²) in [5.74, 6) is -5.09. The van der Waals surface area contributed by atoms with Gasteiger partial charge in [0.1, 0.15) is 12.0 Å². The first kappa shape index (κ1) is 31.6. The number of rotatable bonds is 21. The smallest absolute Gasteiger partial charge is 0.245 e. The molecule has 194 valence electrons. The number of halogens is 8. The minimum Gasteiger partial charge on any atom is -0.245 e. The minimum atomic E-state index is -6.04. The standard InChI is InChI=1S/C19H32F8O4S/c1-2-3-4-5-6-7-8-9-10-11-12-13-14-15-16(20,21)17(22,23)29-18(24,25)19(26,27)32-31-30-28/h28H,2-15H2,1H3. The van der Waals surface area contributed by atoms with Crippen LogP contribution >= 0.6 is 12.0 Å². The second kappa shape index (κ2) is 15.5. The monoisotopic (exact) mass is 508 g/mol. The molecule has 0 saturated carbocycles. The number of unbranched alkanes of at least 4 members (excludes halogenated alkanes) is 12. The Morgan fingerprint density at radius 3 is 1.44 bits per heavy atom. The average Bonchev–Trinajstić information content (AvgIpc) is 2.68. The molecule has 0 heterocycles. The zero-order valence-electron chi connectivity index (χ0n) is 18.0. The molecule has 0 aliphatic heterocycles. The lowest BCUT2D eigenvalue weighted by Gasteiger charge is -2.31. The first-order valence-corrected chi connectivity index (χ1v) is 11.4. The highest BCUT2D eigenvalue weighted by molar-refractivity contribution is 7.95. The van der Waals surface area contributed by atoms with E-state index in [1.165, 1.54) is 32.1 Å². The molecule has 0 atom stereocenters. The summed E-state index contributed by atoms with van der Waals surface area (Å²) in [7, 11) is 0. The maximum atomic E-state index is 13.6.